The number of hydrogen-bond acceptors (Lipinski definition) is 0. The van der Waals surface area contributed by atoms with Gasteiger partial charge in [-0.05, 0) is 61.1 Å². The van der Waals surface area contributed by atoms with Gasteiger partial charge in [-0.3, -0.25) is 0 Å². The van der Waals surface area contributed by atoms with Crippen LogP contribution in [0.25, 0.3) is 0 Å². The van der Waals surface area contributed by atoms with Crippen LogP contribution >= 0.6 is 15.9 Å². The highest BCUT2D eigenvalue weighted by atomic mass is 79.9. The second-order valence-corrected chi connectivity index (χ2v) is 5.97. The second kappa shape index (κ2) is 5.27. The van der Waals surface area contributed by atoms with E-state index in [1.807, 2.05) is 0 Å². The van der Waals surface area contributed by atoms with Gasteiger partial charge in [-0.25, -0.2) is 0 Å². The maximum Gasteiger partial charge on any atom is 0.0644 e. The van der Waals surface area contributed by atoms with Crippen LogP contribution in [0.2, 0.25) is 0 Å². The Morgan fingerprint density at radius 3 is 1.39 bits per heavy atom. The first kappa shape index (κ1) is 13.4. The quantitative estimate of drug-likeness (QED) is 0.651. The van der Waals surface area contributed by atoms with Gasteiger partial charge in [0.2, 0.25) is 0 Å². The van der Waals surface area contributed by atoms with Gasteiger partial charge in [-0.1, -0.05) is 52.3 Å². The summed E-state index contributed by atoms with van der Waals surface area (Å²) in [6.07, 6.45) is 0. The first-order valence-electron chi connectivity index (χ1n) is 6.27. The molecule has 0 nitrogen and oxygen atoms in total. The summed E-state index contributed by atoms with van der Waals surface area (Å²) in [6, 6.07) is 13.3. The van der Waals surface area contributed by atoms with Crippen LogP contribution in [0.1, 0.15) is 38.2 Å². The molecule has 2 rings (SSSR count). The van der Waals surface area contributed by atoms with E-state index >= 15 is 0 Å². The van der Waals surface area contributed by atoms with Gasteiger partial charge >= 0.3 is 0 Å². The van der Waals surface area contributed by atoms with Crippen molar-refractivity contribution in [2.45, 2.75) is 32.5 Å². The number of rotatable bonds is 2. The highest BCUT2D eigenvalue weighted by Crippen LogP contribution is 2.32. The standard InChI is InChI=1S/C17H19Br/c1-11-5-7-15(9-13(11)3)17(18)16-8-6-12(2)14(4)10-16/h5-10,17H,1-4H3. The van der Waals surface area contributed by atoms with Crippen molar-refractivity contribution in [3.63, 3.8) is 0 Å². The lowest BCUT2D eigenvalue weighted by Crippen LogP contribution is -1.95. The normalized spacial score (nSPS) is 11.0. The minimum absolute atomic E-state index is 0.274. The molecule has 0 heterocycles. The molecule has 0 fully saturated rings. The van der Waals surface area contributed by atoms with Crippen LogP contribution < -0.4 is 0 Å². The van der Waals surface area contributed by atoms with Gasteiger partial charge < -0.3 is 0 Å². The van der Waals surface area contributed by atoms with E-state index in [1.54, 1.807) is 0 Å². The Kier molecular flexibility index (Phi) is 3.91. The Bertz CT molecular complexity index is 518. The van der Waals surface area contributed by atoms with E-state index < -0.39 is 0 Å². The van der Waals surface area contributed by atoms with Crippen molar-refractivity contribution >= 4 is 15.9 Å². The van der Waals surface area contributed by atoms with Crippen LogP contribution in [0.4, 0.5) is 0 Å². The van der Waals surface area contributed by atoms with Crippen LogP contribution in [-0.4, -0.2) is 0 Å². The van der Waals surface area contributed by atoms with Crippen LogP contribution in [0.3, 0.4) is 0 Å². The Morgan fingerprint density at radius 1 is 0.667 bits per heavy atom. The Balaban J connectivity index is 2.37. The molecule has 0 spiro atoms. The Labute approximate surface area is 118 Å². The predicted octanol–water partition coefficient (Wildman–Crippen LogP) is 5.40. The van der Waals surface area contributed by atoms with Crippen molar-refractivity contribution in [1.82, 2.24) is 0 Å². The topological polar surface area (TPSA) is 0 Å². The van der Waals surface area contributed by atoms with Gasteiger partial charge in [-0.15, -0.1) is 0 Å². The molecule has 2 aromatic carbocycles. The van der Waals surface area contributed by atoms with E-state index in [1.165, 1.54) is 33.4 Å². The molecule has 0 bridgehead atoms. The highest BCUT2D eigenvalue weighted by Gasteiger charge is 2.11. The van der Waals surface area contributed by atoms with Crippen molar-refractivity contribution in [1.29, 1.82) is 0 Å². The van der Waals surface area contributed by atoms with Gasteiger partial charge in [-0.2, -0.15) is 0 Å². The van der Waals surface area contributed by atoms with E-state index in [2.05, 4.69) is 80.0 Å². The van der Waals surface area contributed by atoms with E-state index in [4.69, 9.17) is 0 Å². The Morgan fingerprint density at radius 2 is 1.06 bits per heavy atom. The predicted molar refractivity (Wildman–Crippen MR) is 82.6 cm³/mol. The summed E-state index contributed by atoms with van der Waals surface area (Å²) in [5, 5.41) is 0. The summed E-state index contributed by atoms with van der Waals surface area (Å²) in [5.41, 5.74) is 8.03. The summed E-state index contributed by atoms with van der Waals surface area (Å²) >= 11 is 3.81. The summed E-state index contributed by atoms with van der Waals surface area (Å²) in [7, 11) is 0. The molecule has 1 heteroatoms. The molecule has 0 atom stereocenters. The average Bonchev–Trinajstić information content (AvgIpc) is 2.35. The number of benzene rings is 2. The smallest absolute Gasteiger partial charge is 0.0644 e. The first-order valence-corrected chi connectivity index (χ1v) is 7.19. The summed E-state index contributed by atoms with van der Waals surface area (Å²) in [5.74, 6) is 0. The van der Waals surface area contributed by atoms with E-state index in [0.717, 1.165) is 0 Å². The lowest BCUT2D eigenvalue weighted by atomic mass is 9.98. The number of aryl methyl sites for hydroxylation is 4. The molecule has 0 radical (unpaired) electrons. The molecule has 0 aromatic heterocycles. The fraction of sp³-hybridized carbons (Fsp3) is 0.294. The monoisotopic (exact) mass is 302 g/mol. The first-order chi connectivity index (χ1) is 8.49. The molecule has 0 aliphatic carbocycles. The largest absolute Gasteiger partial charge is 0.0786 e. The molecule has 0 amide bonds. The lowest BCUT2D eigenvalue weighted by molar-refractivity contribution is 1.14. The fourth-order valence-corrected chi connectivity index (χ4v) is 2.61. The molecule has 94 valence electrons. The van der Waals surface area contributed by atoms with Gasteiger partial charge in [0.15, 0.2) is 0 Å². The summed E-state index contributed by atoms with van der Waals surface area (Å²) in [6.45, 7) is 8.63. The van der Waals surface area contributed by atoms with E-state index in [0.29, 0.717) is 0 Å². The lowest BCUT2D eigenvalue weighted by Gasteiger charge is -2.14. The molecule has 0 saturated heterocycles. The van der Waals surface area contributed by atoms with Crippen molar-refractivity contribution < 1.29 is 0 Å². The number of halogens is 1. The van der Waals surface area contributed by atoms with Gasteiger partial charge in [0.1, 0.15) is 0 Å². The minimum Gasteiger partial charge on any atom is -0.0786 e. The second-order valence-electron chi connectivity index (χ2n) is 5.05. The number of alkyl halides is 1. The van der Waals surface area contributed by atoms with Crippen molar-refractivity contribution in [2.75, 3.05) is 0 Å². The van der Waals surface area contributed by atoms with E-state index in [9.17, 15) is 0 Å². The van der Waals surface area contributed by atoms with Gasteiger partial charge in [0, 0.05) is 0 Å². The summed E-state index contributed by atoms with van der Waals surface area (Å²) < 4.78 is 0. The van der Waals surface area contributed by atoms with Gasteiger partial charge in [0.25, 0.3) is 0 Å². The SMILES string of the molecule is Cc1ccc(C(Br)c2ccc(C)c(C)c2)cc1C. The van der Waals surface area contributed by atoms with E-state index in [-0.39, 0.29) is 4.83 Å². The maximum absolute atomic E-state index is 3.81. The highest BCUT2D eigenvalue weighted by molar-refractivity contribution is 9.09. The summed E-state index contributed by atoms with van der Waals surface area (Å²) in [4.78, 5) is 0.274. The molecule has 18 heavy (non-hydrogen) atoms. The van der Waals surface area contributed by atoms with Crippen LogP contribution in [0.5, 0.6) is 0 Å². The van der Waals surface area contributed by atoms with Crippen LogP contribution in [-0.2, 0) is 0 Å². The van der Waals surface area contributed by atoms with Gasteiger partial charge in [0.05, 0.1) is 4.83 Å². The zero-order valence-electron chi connectivity index (χ0n) is 11.4. The third kappa shape index (κ3) is 2.67. The van der Waals surface area contributed by atoms with Crippen molar-refractivity contribution in [3.05, 3.63) is 69.8 Å². The third-order valence-corrected chi connectivity index (χ3v) is 4.70. The van der Waals surface area contributed by atoms with Crippen molar-refractivity contribution in [2.24, 2.45) is 0 Å². The Hall–Kier alpha value is -1.08. The molecule has 0 N–H and O–H groups in total. The fourth-order valence-electron chi connectivity index (χ4n) is 2.04. The van der Waals surface area contributed by atoms with Crippen LogP contribution in [0.15, 0.2) is 36.4 Å². The van der Waals surface area contributed by atoms with Crippen LogP contribution in [0, 0.1) is 27.7 Å². The molecule has 2 aromatic rings. The van der Waals surface area contributed by atoms with Crippen molar-refractivity contribution in [3.8, 4) is 0 Å². The molecule has 0 aliphatic rings. The zero-order valence-corrected chi connectivity index (χ0v) is 13.0. The molecular weight excluding hydrogens is 284 g/mol. The molecular formula is C17H19Br. The number of hydrogen-bond donors (Lipinski definition) is 0. The molecule has 0 saturated carbocycles. The molecule has 0 unspecified atom stereocenters. The third-order valence-electron chi connectivity index (χ3n) is 3.65. The average molecular weight is 303 g/mol. The minimum atomic E-state index is 0.274. The zero-order chi connectivity index (χ0) is 13.3. The molecule has 0 aliphatic heterocycles. The maximum atomic E-state index is 3.81.